The van der Waals surface area contributed by atoms with Gasteiger partial charge in [0, 0.05) is 13.1 Å². The minimum atomic E-state index is -0.711. The lowest BCUT2D eigenvalue weighted by Gasteiger charge is -2.37. The number of rotatable bonds is 2. The van der Waals surface area contributed by atoms with Crippen LogP contribution in [0.4, 0.5) is 5.69 Å². The van der Waals surface area contributed by atoms with Crippen molar-refractivity contribution in [3.8, 4) is 6.07 Å². The average Bonchev–Trinajstić information content (AvgIpc) is 2.37. The third kappa shape index (κ3) is 2.55. The lowest BCUT2D eigenvalue weighted by Crippen LogP contribution is -2.42. The zero-order valence-electron chi connectivity index (χ0n) is 11.3. The molecule has 1 N–H and O–H groups in total. The van der Waals surface area contributed by atoms with Crippen LogP contribution in [0.25, 0.3) is 0 Å². The Morgan fingerprint density at radius 3 is 2.84 bits per heavy atom. The molecule has 1 aromatic rings. The second-order valence-electron chi connectivity index (χ2n) is 5.24. The summed E-state index contributed by atoms with van der Waals surface area (Å²) in [6.45, 7) is 5.34. The SMILES string of the molecule is Cc1cccc(C#N)c1N1CCC(C(=O)O)C(C)C1. The highest BCUT2D eigenvalue weighted by molar-refractivity contribution is 5.71. The van der Waals surface area contributed by atoms with Crippen LogP contribution in [-0.2, 0) is 4.79 Å². The summed E-state index contributed by atoms with van der Waals surface area (Å²) in [4.78, 5) is 13.3. The molecule has 0 amide bonds. The van der Waals surface area contributed by atoms with Crippen LogP contribution in [0.2, 0.25) is 0 Å². The van der Waals surface area contributed by atoms with Crippen LogP contribution in [0.3, 0.4) is 0 Å². The highest BCUT2D eigenvalue weighted by Crippen LogP contribution is 2.31. The molecule has 1 fully saturated rings. The summed E-state index contributed by atoms with van der Waals surface area (Å²) in [7, 11) is 0. The maximum Gasteiger partial charge on any atom is 0.306 e. The van der Waals surface area contributed by atoms with Crippen molar-refractivity contribution in [3.63, 3.8) is 0 Å². The monoisotopic (exact) mass is 258 g/mol. The first-order valence-electron chi connectivity index (χ1n) is 6.52. The minimum absolute atomic E-state index is 0.0948. The Morgan fingerprint density at radius 2 is 2.26 bits per heavy atom. The van der Waals surface area contributed by atoms with E-state index in [2.05, 4.69) is 11.0 Å². The second-order valence-corrected chi connectivity index (χ2v) is 5.24. The van der Waals surface area contributed by atoms with Gasteiger partial charge in [0.25, 0.3) is 0 Å². The lowest BCUT2D eigenvalue weighted by molar-refractivity contribution is -0.144. The Morgan fingerprint density at radius 1 is 1.53 bits per heavy atom. The van der Waals surface area contributed by atoms with Crippen LogP contribution in [0.15, 0.2) is 18.2 Å². The van der Waals surface area contributed by atoms with Crippen molar-refractivity contribution in [2.75, 3.05) is 18.0 Å². The molecule has 2 rings (SSSR count). The molecule has 19 heavy (non-hydrogen) atoms. The normalized spacial score (nSPS) is 22.9. The number of aliphatic carboxylic acids is 1. The standard InChI is InChI=1S/C15H18N2O2/c1-10-4-3-5-12(8-16)14(10)17-7-6-13(15(18)19)11(2)9-17/h3-5,11,13H,6-7,9H2,1-2H3,(H,18,19). The van der Waals surface area contributed by atoms with Crippen LogP contribution in [0, 0.1) is 30.1 Å². The minimum Gasteiger partial charge on any atom is -0.481 e. The zero-order chi connectivity index (χ0) is 14.0. The molecular formula is C15H18N2O2. The van der Waals surface area contributed by atoms with E-state index in [0.29, 0.717) is 25.1 Å². The number of hydrogen-bond donors (Lipinski definition) is 1. The first-order valence-corrected chi connectivity index (χ1v) is 6.52. The summed E-state index contributed by atoms with van der Waals surface area (Å²) in [5.74, 6) is -0.888. The van der Waals surface area contributed by atoms with Gasteiger partial charge in [0.2, 0.25) is 0 Å². The molecule has 0 aliphatic carbocycles. The predicted octanol–water partition coefficient (Wildman–Crippen LogP) is 2.41. The predicted molar refractivity (Wildman–Crippen MR) is 73.0 cm³/mol. The van der Waals surface area contributed by atoms with E-state index in [0.717, 1.165) is 11.3 Å². The Hall–Kier alpha value is -2.02. The molecule has 1 saturated heterocycles. The Kier molecular flexibility index (Phi) is 3.75. The van der Waals surface area contributed by atoms with Gasteiger partial charge in [0.05, 0.1) is 17.2 Å². The zero-order valence-corrected chi connectivity index (χ0v) is 11.3. The number of carboxylic acids is 1. The maximum atomic E-state index is 11.1. The van der Waals surface area contributed by atoms with Crippen molar-refractivity contribution in [1.82, 2.24) is 0 Å². The van der Waals surface area contributed by atoms with Gasteiger partial charge in [-0.15, -0.1) is 0 Å². The van der Waals surface area contributed by atoms with E-state index < -0.39 is 5.97 Å². The first kappa shape index (κ1) is 13.4. The van der Waals surface area contributed by atoms with Gasteiger partial charge >= 0.3 is 5.97 Å². The summed E-state index contributed by atoms with van der Waals surface area (Å²) in [5.41, 5.74) is 2.70. The fourth-order valence-corrected chi connectivity index (χ4v) is 2.88. The van der Waals surface area contributed by atoms with Crippen molar-refractivity contribution in [3.05, 3.63) is 29.3 Å². The Balaban J connectivity index is 2.26. The summed E-state index contributed by atoms with van der Waals surface area (Å²) in [6, 6.07) is 7.91. The van der Waals surface area contributed by atoms with Gasteiger partial charge < -0.3 is 10.0 Å². The number of carboxylic acid groups (broad SMARTS) is 1. The number of anilines is 1. The van der Waals surface area contributed by atoms with Crippen molar-refractivity contribution in [2.45, 2.75) is 20.3 Å². The highest BCUT2D eigenvalue weighted by Gasteiger charge is 2.32. The number of hydrogen-bond acceptors (Lipinski definition) is 3. The van der Waals surface area contributed by atoms with Crippen molar-refractivity contribution in [1.29, 1.82) is 5.26 Å². The van der Waals surface area contributed by atoms with Crippen LogP contribution < -0.4 is 4.90 Å². The molecule has 0 bridgehead atoms. The van der Waals surface area contributed by atoms with Gasteiger partial charge in [0.1, 0.15) is 6.07 Å². The van der Waals surface area contributed by atoms with Crippen molar-refractivity contribution in [2.24, 2.45) is 11.8 Å². The molecule has 1 aliphatic rings. The molecule has 0 radical (unpaired) electrons. The summed E-state index contributed by atoms with van der Waals surface area (Å²) >= 11 is 0. The summed E-state index contributed by atoms with van der Waals surface area (Å²) < 4.78 is 0. The van der Waals surface area contributed by atoms with E-state index in [1.54, 1.807) is 0 Å². The van der Waals surface area contributed by atoms with Gasteiger partial charge in [-0.2, -0.15) is 5.26 Å². The van der Waals surface area contributed by atoms with E-state index in [-0.39, 0.29) is 11.8 Å². The second kappa shape index (κ2) is 5.31. The van der Waals surface area contributed by atoms with Crippen LogP contribution in [-0.4, -0.2) is 24.2 Å². The number of para-hydroxylation sites is 1. The molecule has 1 aliphatic heterocycles. The molecule has 1 heterocycles. The summed E-state index contributed by atoms with van der Waals surface area (Å²) in [6.07, 6.45) is 0.635. The Labute approximate surface area is 113 Å². The molecule has 4 nitrogen and oxygen atoms in total. The smallest absolute Gasteiger partial charge is 0.306 e. The number of aryl methyl sites for hydroxylation is 1. The van der Waals surface area contributed by atoms with Gasteiger partial charge in [0.15, 0.2) is 0 Å². The fraction of sp³-hybridized carbons (Fsp3) is 0.467. The molecule has 0 saturated carbocycles. The van der Waals surface area contributed by atoms with Gasteiger partial charge in [-0.3, -0.25) is 4.79 Å². The molecule has 4 heteroatoms. The topological polar surface area (TPSA) is 64.3 Å². The fourth-order valence-electron chi connectivity index (χ4n) is 2.88. The Bertz CT molecular complexity index is 533. The molecule has 2 atom stereocenters. The van der Waals surface area contributed by atoms with Gasteiger partial charge in [-0.1, -0.05) is 19.1 Å². The quantitative estimate of drug-likeness (QED) is 0.884. The van der Waals surface area contributed by atoms with Crippen molar-refractivity contribution >= 4 is 11.7 Å². The molecule has 0 spiro atoms. The first-order chi connectivity index (χ1) is 9.04. The van der Waals surface area contributed by atoms with E-state index in [1.165, 1.54) is 0 Å². The molecule has 2 unspecified atom stereocenters. The average molecular weight is 258 g/mol. The third-order valence-corrected chi connectivity index (χ3v) is 3.90. The van der Waals surface area contributed by atoms with E-state index in [9.17, 15) is 10.1 Å². The van der Waals surface area contributed by atoms with Crippen molar-refractivity contribution < 1.29 is 9.90 Å². The highest BCUT2D eigenvalue weighted by atomic mass is 16.4. The number of nitriles is 1. The number of piperidine rings is 1. The van der Waals surface area contributed by atoms with Crippen LogP contribution in [0.1, 0.15) is 24.5 Å². The molecule has 0 aromatic heterocycles. The van der Waals surface area contributed by atoms with Gasteiger partial charge in [-0.05, 0) is 30.9 Å². The lowest BCUT2D eigenvalue weighted by atomic mass is 9.86. The molecule has 100 valence electrons. The van der Waals surface area contributed by atoms with E-state index in [1.807, 2.05) is 32.0 Å². The number of carbonyl (C=O) groups is 1. The van der Waals surface area contributed by atoms with Crippen LogP contribution in [0.5, 0.6) is 0 Å². The summed E-state index contributed by atoms with van der Waals surface area (Å²) in [5, 5.41) is 18.4. The van der Waals surface area contributed by atoms with Gasteiger partial charge in [-0.25, -0.2) is 0 Å². The number of nitrogens with zero attached hydrogens (tertiary/aromatic N) is 2. The number of benzene rings is 1. The third-order valence-electron chi connectivity index (χ3n) is 3.90. The molecular weight excluding hydrogens is 240 g/mol. The largest absolute Gasteiger partial charge is 0.481 e. The van der Waals surface area contributed by atoms with E-state index in [4.69, 9.17) is 5.11 Å². The molecule has 1 aromatic carbocycles. The van der Waals surface area contributed by atoms with Crippen LogP contribution >= 0.6 is 0 Å². The maximum absolute atomic E-state index is 11.1. The van der Waals surface area contributed by atoms with E-state index >= 15 is 0 Å².